The van der Waals surface area contributed by atoms with Crippen molar-refractivity contribution in [2.45, 2.75) is 6.04 Å². The maximum atomic E-state index is 13.2. The summed E-state index contributed by atoms with van der Waals surface area (Å²) in [6, 6.07) is 15.9. The Kier molecular flexibility index (Phi) is 5.53. The normalized spacial score (nSPS) is 16.8. The first-order valence-corrected chi connectivity index (χ1v) is 8.46. The third-order valence-corrected chi connectivity index (χ3v) is 4.49. The van der Waals surface area contributed by atoms with Crippen LogP contribution >= 0.6 is 0 Å². The molecule has 0 spiro atoms. The Balaban J connectivity index is 1.97. The number of hydrogen-bond donors (Lipinski definition) is 0. The standard InChI is InChI=1S/C20H22N2O4/c1-25-13-12-21-14-17(15-8-4-3-5-9-15)22(20(21)24)19(23)16-10-6-7-11-18(16)26-2/h3-11,17H,12-14H2,1-2H3. The van der Waals surface area contributed by atoms with Gasteiger partial charge in [-0.3, -0.25) is 9.69 Å². The minimum atomic E-state index is -0.360. The zero-order valence-corrected chi connectivity index (χ0v) is 14.9. The van der Waals surface area contributed by atoms with Crippen LogP contribution in [0.25, 0.3) is 0 Å². The number of imide groups is 1. The van der Waals surface area contributed by atoms with Gasteiger partial charge in [-0.15, -0.1) is 0 Å². The smallest absolute Gasteiger partial charge is 0.327 e. The van der Waals surface area contributed by atoms with Gasteiger partial charge in [0.05, 0.1) is 25.3 Å². The Labute approximate surface area is 152 Å². The van der Waals surface area contributed by atoms with Gasteiger partial charge in [-0.1, -0.05) is 42.5 Å². The van der Waals surface area contributed by atoms with Gasteiger partial charge in [0.2, 0.25) is 0 Å². The molecule has 0 radical (unpaired) electrons. The number of methoxy groups -OCH3 is 2. The van der Waals surface area contributed by atoms with Crippen LogP contribution in [0.15, 0.2) is 54.6 Å². The topological polar surface area (TPSA) is 59.1 Å². The summed E-state index contributed by atoms with van der Waals surface area (Å²) in [6.07, 6.45) is 0. The van der Waals surface area contributed by atoms with E-state index in [4.69, 9.17) is 9.47 Å². The van der Waals surface area contributed by atoms with Gasteiger partial charge in [0.25, 0.3) is 5.91 Å². The fourth-order valence-electron chi connectivity index (χ4n) is 3.15. The van der Waals surface area contributed by atoms with Crippen LogP contribution in [0, 0.1) is 0 Å². The van der Waals surface area contributed by atoms with Gasteiger partial charge < -0.3 is 14.4 Å². The minimum absolute atomic E-state index is 0.313. The summed E-state index contributed by atoms with van der Waals surface area (Å²) in [4.78, 5) is 29.1. The van der Waals surface area contributed by atoms with E-state index in [1.54, 1.807) is 36.3 Å². The van der Waals surface area contributed by atoms with Crippen molar-refractivity contribution in [1.82, 2.24) is 9.80 Å². The first-order chi connectivity index (χ1) is 12.7. The zero-order chi connectivity index (χ0) is 18.5. The Hall–Kier alpha value is -2.86. The largest absolute Gasteiger partial charge is 0.496 e. The van der Waals surface area contributed by atoms with Gasteiger partial charge in [-0.25, -0.2) is 4.79 Å². The van der Waals surface area contributed by atoms with E-state index in [0.29, 0.717) is 31.0 Å². The van der Waals surface area contributed by atoms with Crippen LogP contribution in [0.1, 0.15) is 22.0 Å². The van der Waals surface area contributed by atoms with E-state index >= 15 is 0 Å². The SMILES string of the molecule is COCCN1CC(c2ccccc2)N(C(=O)c2ccccc2OC)C1=O. The van der Waals surface area contributed by atoms with E-state index < -0.39 is 0 Å². The number of rotatable bonds is 6. The van der Waals surface area contributed by atoms with Gasteiger partial charge in [0.1, 0.15) is 5.75 Å². The molecule has 2 aromatic carbocycles. The van der Waals surface area contributed by atoms with E-state index in [9.17, 15) is 9.59 Å². The van der Waals surface area contributed by atoms with Gasteiger partial charge in [0.15, 0.2) is 0 Å². The molecule has 0 aromatic heterocycles. The number of hydrogen-bond acceptors (Lipinski definition) is 4. The van der Waals surface area contributed by atoms with Crippen molar-refractivity contribution < 1.29 is 19.1 Å². The number of amides is 3. The minimum Gasteiger partial charge on any atom is -0.496 e. The quantitative estimate of drug-likeness (QED) is 0.800. The van der Waals surface area contributed by atoms with Crippen molar-refractivity contribution in [2.24, 2.45) is 0 Å². The van der Waals surface area contributed by atoms with Crippen molar-refractivity contribution in [2.75, 3.05) is 33.9 Å². The molecule has 0 bridgehead atoms. The number of carbonyl (C=O) groups excluding carboxylic acids is 2. The molecule has 1 unspecified atom stereocenters. The summed E-state index contributed by atoms with van der Waals surface area (Å²) in [5.74, 6) is 0.0914. The van der Waals surface area contributed by atoms with Crippen LogP contribution in [0.5, 0.6) is 5.75 Å². The van der Waals surface area contributed by atoms with Crippen molar-refractivity contribution >= 4 is 11.9 Å². The molecule has 1 atom stereocenters. The molecule has 3 rings (SSSR count). The summed E-state index contributed by atoms with van der Waals surface area (Å²) in [7, 11) is 3.10. The first-order valence-electron chi connectivity index (χ1n) is 8.46. The van der Waals surface area contributed by atoms with Gasteiger partial charge in [-0.05, 0) is 17.7 Å². The second-order valence-corrected chi connectivity index (χ2v) is 6.02. The van der Waals surface area contributed by atoms with Crippen molar-refractivity contribution in [3.63, 3.8) is 0 Å². The number of nitrogens with zero attached hydrogens (tertiary/aromatic N) is 2. The van der Waals surface area contributed by atoms with Crippen LogP contribution < -0.4 is 4.74 Å². The van der Waals surface area contributed by atoms with E-state index in [0.717, 1.165) is 5.56 Å². The highest BCUT2D eigenvalue weighted by molar-refractivity contribution is 6.07. The molecule has 0 saturated carbocycles. The molecular formula is C20H22N2O4. The van der Waals surface area contributed by atoms with E-state index in [2.05, 4.69) is 0 Å². The molecule has 6 nitrogen and oxygen atoms in total. The Bertz CT molecular complexity index is 778. The lowest BCUT2D eigenvalue weighted by Crippen LogP contribution is -2.38. The van der Waals surface area contributed by atoms with Crippen molar-refractivity contribution in [3.05, 3.63) is 65.7 Å². The average Bonchev–Trinajstić information content (AvgIpc) is 3.02. The summed E-state index contributed by atoms with van der Waals surface area (Å²) < 4.78 is 10.4. The van der Waals surface area contributed by atoms with Crippen molar-refractivity contribution in [1.29, 1.82) is 0 Å². The molecule has 6 heteroatoms. The number of para-hydroxylation sites is 1. The average molecular weight is 354 g/mol. The fraction of sp³-hybridized carbons (Fsp3) is 0.300. The lowest BCUT2D eigenvalue weighted by atomic mass is 10.1. The Morgan fingerprint density at radius 1 is 1.08 bits per heavy atom. The molecule has 3 amide bonds. The van der Waals surface area contributed by atoms with Crippen LogP contribution in [0.4, 0.5) is 4.79 Å². The highest BCUT2D eigenvalue weighted by Crippen LogP contribution is 2.32. The fourth-order valence-corrected chi connectivity index (χ4v) is 3.15. The molecule has 1 aliphatic rings. The first kappa shape index (κ1) is 17.9. The number of benzene rings is 2. The monoisotopic (exact) mass is 354 g/mol. The van der Waals surface area contributed by atoms with Gasteiger partial charge in [0, 0.05) is 20.2 Å². The maximum Gasteiger partial charge on any atom is 0.327 e. The third-order valence-electron chi connectivity index (χ3n) is 4.49. The van der Waals surface area contributed by atoms with E-state index in [1.807, 2.05) is 30.3 Å². The van der Waals surface area contributed by atoms with E-state index in [1.165, 1.54) is 12.0 Å². The number of carbonyl (C=O) groups is 2. The van der Waals surface area contributed by atoms with E-state index in [-0.39, 0.29) is 18.0 Å². The zero-order valence-electron chi connectivity index (χ0n) is 14.9. The van der Waals surface area contributed by atoms with Crippen molar-refractivity contribution in [3.8, 4) is 5.75 Å². The molecule has 1 aliphatic heterocycles. The predicted molar refractivity (Wildman–Crippen MR) is 97.2 cm³/mol. The summed E-state index contributed by atoms with van der Waals surface area (Å²) in [5.41, 5.74) is 1.29. The Morgan fingerprint density at radius 3 is 2.46 bits per heavy atom. The second-order valence-electron chi connectivity index (χ2n) is 6.02. The molecule has 2 aromatic rings. The third kappa shape index (κ3) is 3.41. The molecule has 1 fully saturated rings. The number of ether oxygens (including phenoxy) is 2. The molecule has 136 valence electrons. The molecular weight excluding hydrogens is 332 g/mol. The maximum absolute atomic E-state index is 13.2. The molecule has 1 saturated heterocycles. The lowest BCUT2D eigenvalue weighted by Gasteiger charge is -2.22. The lowest BCUT2D eigenvalue weighted by molar-refractivity contribution is 0.0776. The summed E-state index contributed by atoms with van der Waals surface area (Å²) >= 11 is 0. The number of urea groups is 1. The van der Waals surface area contributed by atoms with Gasteiger partial charge >= 0.3 is 6.03 Å². The van der Waals surface area contributed by atoms with Crippen LogP contribution in [0.3, 0.4) is 0 Å². The summed E-state index contributed by atoms with van der Waals surface area (Å²) in [5, 5.41) is 0. The highest BCUT2D eigenvalue weighted by atomic mass is 16.5. The van der Waals surface area contributed by atoms with Crippen LogP contribution in [-0.4, -0.2) is 55.7 Å². The second kappa shape index (κ2) is 8.01. The molecule has 0 aliphatic carbocycles. The van der Waals surface area contributed by atoms with Gasteiger partial charge in [-0.2, -0.15) is 0 Å². The molecule has 1 heterocycles. The highest BCUT2D eigenvalue weighted by Gasteiger charge is 2.42. The van der Waals surface area contributed by atoms with Crippen LogP contribution in [-0.2, 0) is 4.74 Å². The Morgan fingerprint density at radius 2 is 1.77 bits per heavy atom. The summed E-state index contributed by atoms with van der Waals surface area (Å²) in [6.45, 7) is 1.30. The van der Waals surface area contributed by atoms with Crippen LogP contribution in [0.2, 0.25) is 0 Å². The molecule has 0 N–H and O–H groups in total. The molecule has 26 heavy (non-hydrogen) atoms. The predicted octanol–water partition coefficient (Wildman–Crippen LogP) is 2.96.